The summed E-state index contributed by atoms with van der Waals surface area (Å²) in [5.41, 5.74) is 2.85. The maximum atomic E-state index is 12.9. The van der Waals surface area contributed by atoms with Gasteiger partial charge < -0.3 is 4.90 Å². The molecule has 2 aromatic rings. The van der Waals surface area contributed by atoms with Crippen LogP contribution in [-0.4, -0.2) is 91.2 Å². The van der Waals surface area contributed by atoms with Gasteiger partial charge in [-0.1, -0.05) is 29.8 Å². The number of aromatic nitrogens is 1. The van der Waals surface area contributed by atoms with E-state index in [2.05, 4.69) is 9.80 Å². The van der Waals surface area contributed by atoms with E-state index in [0.717, 1.165) is 35.2 Å². The first-order valence-electron chi connectivity index (χ1n) is 10.1. The monoisotopic (exact) mass is 437 g/mol. The molecule has 9 heteroatoms. The Labute approximate surface area is 178 Å². The summed E-state index contributed by atoms with van der Waals surface area (Å²) < 4.78 is 29.1. The van der Waals surface area contributed by atoms with Crippen molar-refractivity contribution in [1.29, 1.82) is 0 Å². The van der Waals surface area contributed by atoms with Crippen molar-refractivity contribution >= 4 is 32.7 Å². The number of nitrogens with zero attached hydrogens (tertiary/aromatic N) is 5. The van der Waals surface area contributed by atoms with Crippen LogP contribution in [0.1, 0.15) is 11.3 Å². The third-order valence-electron chi connectivity index (χ3n) is 5.97. The van der Waals surface area contributed by atoms with Crippen LogP contribution >= 0.6 is 11.6 Å². The second-order valence-electron chi connectivity index (χ2n) is 7.90. The third kappa shape index (κ3) is 4.28. The van der Waals surface area contributed by atoms with E-state index in [1.807, 2.05) is 38.2 Å². The maximum absolute atomic E-state index is 12.9. The Hall–Kier alpha value is -1.29. The number of aryl methyl sites for hydroxylation is 1. The molecule has 2 fully saturated rings. The predicted molar refractivity (Wildman–Crippen MR) is 116 cm³/mol. The Morgan fingerprint density at radius 1 is 0.966 bits per heavy atom. The fourth-order valence-corrected chi connectivity index (χ4v) is 5.81. The van der Waals surface area contributed by atoms with Gasteiger partial charge in [0.15, 0.2) is 0 Å². The highest BCUT2D eigenvalue weighted by atomic mass is 35.5. The fourth-order valence-electron chi connectivity index (χ4n) is 4.03. The number of para-hydroxylation sites is 1. The van der Waals surface area contributed by atoms with Crippen LogP contribution in [0.25, 0.3) is 10.9 Å². The average molecular weight is 438 g/mol. The van der Waals surface area contributed by atoms with Crippen molar-refractivity contribution in [3.63, 3.8) is 0 Å². The van der Waals surface area contributed by atoms with Gasteiger partial charge in [0, 0.05) is 64.3 Å². The van der Waals surface area contributed by atoms with Crippen LogP contribution in [0.5, 0.6) is 0 Å². The van der Waals surface area contributed by atoms with E-state index >= 15 is 0 Å². The quantitative estimate of drug-likeness (QED) is 0.730. The van der Waals surface area contributed by atoms with Crippen LogP contribution in [0.3, 0.4) is 0 Å². The average Bonchev–Trinajstić information content (AvgIpc) is 2.72. The van der Waals surface area contributed by atoms with E-state index in [0.29, 0.717) is 50.8 Å². The number of fused-ring (bicyclic) bond motifs is 1. The van der Waals surface area contributed by atoms with Gasteiger partial charge in [-0.2, -0.15) is 17.0 Å². The normalized spacial score (nSPS) is 21.1. The summed E-state index contributed by atoms with van der Waals surface area (Å²) in [5, 5.41) is 1.78. The van der Waals surface area contributed by atoms with Crippen molar-refractivity contribution in [3.8, 4) is 0 Å². The molecule has 2 aliphatic rings. The van der Waals surface area contributed by atoms with Gasteiger partial charge in [-0.25, -0.2) is 4.98 Å². The highest BCUT2D eigenvalue weighted by molar-refractivity contribution is 7.86. The van der Waals surface area contributed by atoms with Crippen LogP contribution in [0.4, 0.5) is 0 Å². The lowest BCUT2D eigenvalue weighted by atomic mass is 10.1. The van der Waals surface area contributed by atoms with E-state index in [9.17, 15) is 8.42 Å². The molecule has 0 spiro atoms. The Bertz CT molecular complexity index is 984. The number of benzene rings is 1. The lowest BCUT2D eigenvalue weighted by molar-refractivity contribution is 0.164. The predicted octanol–water partition coefficient (Wildman–Crippen LogP) is 1.81. The van der Waals surface area contributed by atoms with E-state index in [4.69, 9.17) is 16.6 Å². The highest BCUT2D eigenvalue weighted by Crippen LogP contribution is 2.28. The Morgan fingerprint density at radius 3 is 2.21 bits per heavy atom. The molecule has 1 aromatic carbocycles. The minimum absolute atomic E-state index is 0.499. The summed E-state index contributed by atoms with van der Waals surface area (Å²) in [7, 11) is -1.35. The van der Waals surface area contributed by atoms with Crippen LogP contribution in [0.2, 0.25) is 5.02 Å². The van der Waals surface area contributed by atoms with Crippen molar-refractivity contribution in [2.45, 2.75) is 13.5 Å². The molecule has 2 aliphatic heterocycles. The number of halogens is 1. The number of rotatable bonds is 4. The van der Waals surface area contributed by atoms with Crippen LogP contribution in [0.15, 0.2) is 24.3 Å². The van der Waals surface area contributed by atoms with Crippen LogP contribution in [0, 0.1) is 6.92 Å². The van der Waals surface area contributed by atoms with Crippen molar-refractivity contribution in [2.24, 2.45) is 0 Å². The number of piperazine rings is 2. The minimum Gasteiger partial charge on any atom is -0.304 e. The lowest BCUT2D eigenvalue weighted by Gasteiger charge is -2.39. The third-order valence-corrected chi connectivity index (χ3v) is 8.50. The summed E-state index contributed by atoms with van der Waals surface area (Å²) in [4.78, 5) is 9.15. The SMILES string of the molecule is Cc1c(Cl)c(CN2CCN(S(=O)(=O)N3CCN(C)CC3)CC2)nc2ccccc12. The van der Waals surface area contributed by atoms with E-state index in [-0.39, 0.29) is 0 Å². The van der Waals surface area contributed by atoms with Gasteiger partial charge in [-0.15, -0.1) is 0 Å². The van der Waals surface area contributed by atoms with Crippen LogP contribution < -0.4 is 0 Å². The maximum Gasteiger partial charge on any atom is 0.282 e. The summed E-state index contributed by atoms with van der Waals surface area (Å²) in [6.45, 7) is 7.70. The zero-order chi connectivity index (χ0) is 20.6. The van der Waals surface area contributed by atoms with Crippen molar-refractivity contribution in [2.75, 3.05) is 59.4 Å². The largest absolute Gasteiger partial charge is 0.304 e. The minimum atomic E-state index is -3.38. The molecule has 1 aromatic heterocycles. The van der Waals surface area contributed by atoms with Crippen molar-refractivity contribution in [1.82, 2.24) is 23.4 Å². The molecule has 0 saturated carbocycles. The smallest absolute Gasteiger partial charge is 0.282 e. The Morgan fingerprint density at radius 2 is 1.55 bits per heavy atom. The van der Waals surface area contributed by atoms with Gasteiger partial charge in [0.05, 0.1) is 16.2 Å². The first kappa shape index (κ1) is 21.0. The van der Waals surface area contributed by atoms with Crippen molar-refractivity contribution < 1.29 is 8.42 Å². The number of hydrogen-bond acceptors (Lipinski definition) is 5. The molecule has 4 rings (SSSR count). The second-order valence-corrected chi connectivity index (χ2v) is 10.2. The Balaban J connectivity index is 1.42. The van der Waals surface area contributed by atoms with Gasteiger partial charge in [0.2, 0.25) is 0 Å². The fraction of sp³-hybridized carbons (Fsp3) is 0.550. The summed E-state index contributed by atoms with van der Waals surface area (Å²) in [6.07, 6.45) is 0. The van der Waals surface area contributed by atoms with Gasteiger partial charge in [-0.3, -0.25) is 4.90 Å². The molecule has 2 saturated heterocycles. The van der Waals surface area contributed by atoms with E-state index < -0.39 is 10.2 Å². The molecule has 3 heterocycles. The topological polar surface area (TPSA) is 60.0 Å². The van der Waals surface area contributed by atoms with Gasteiger partial charge in [0.1, 0.15) is 0 Å². The van der Waals surface area contributed by atoms with E-state index in [1.165, 1.54) is 0 Å². The molecule has 7 nitrogen and oxygen atoms in total. The first-order valence-corrected chi connectivity index (χ1v) is 11.8. The van der Waals surface area contributed by atoms with Gasteiger partial charge in [0.25, 0.3) is 10.2 Å². The number of likely N-dealkylation sites (N-methyl/N-ethyl adjacent to an activating group) is 1. The number of hydrogen-bond donors (Lipinski definition) is 0. The standard InChI is InChI=1S/C20H28ClN5O2S/c1-16-17-5-3-4-6-18(17)22-19(20(16)21)15-24-9-13-26(14-10-24)29(27,28)25-11-7-23(2)8-12-25/h3-6H,7-15H2,1-2H3. The zero-order valence-corrected chi connectivity index (χ0v) is 18.6. The second kappa shape index (κ2) is 8.45. The molecule has 0 atom stereocenters. The molecule has 158 valence electrons. The van der Waals surface area contributed by atoms with Gasteiger partial charge in [-0.05, 0) is 25.6 Å². The summed E-state index contributed by atoms with van der Waals surface area (Å²) in [6, 6.07) is 8.01. The summed E-state index contributed by atoms with van der Waals surface area (Å²) in [5.74, 6) is 0. The van der Waals surface area contributed by atoms with Gasteiger partial charge >= 0.3 is 0 Å². The van der Waals surface area contributed by atoms with Crippen molar-refractivity contribution in [3.05, 3.63) is 40.5 Å². The summed E-state index contributed by atoms with van der Waals surface area (Å²) >= 11 is 6.60. The van der Waals surface area contributed by atoms with Crippen LogP contribution in [-0.2, 0) is 16.8 Å². The molecule has 0 unspecified atom stereocenters. The number of pyridine rings is 1. The lowest BCUT2D eigenvalue weighted by Crippen LogP contribution is -2.56. The van der Waals surface area contributed by atoms with E-state index in [1.54, 1.807) is 8.61 Å². The molecule has 0 amide bonds. The first-order chi connectivity index (χ1) is 13.9. The molecule has 0 N–H and O–H groups in total. The molecule has 29 heavy (non-hydrogen) atoms. The molecular weight excluding hydrogens is 410 g/mol. The zero-order valence-electron chi connectivity index (χ0n) is 17.0. The molecular formula is C20H28ClN5O2S. The molecule has 0 bridgehead atoms. The highest BCUT2D eigenvalue weighted by Gasteiger charge is 2.34. The molecule has 0 aliphatic carbocycles. The molecule has 0 radical (unpaired) electrons. The Kier molecular flexibility index (Phi) is 6.11.